The van der Waals surface area contributed by atoms with Gasteiger partial charge in [-0.05, 0) is 5.56 Å². The molecule has 1 aliphatic carbocycles. The van der Waals surface area contributed by atoms with Crippen LogP contribution >= 0.6 is 0 Å². The predicted molar refractivity (Wildman–Crippen MR) is 75.4 cm³/mol. The first-order valence-electron chi connectivity index (χ1n) is 6.96. The quantitative estimate of drug-likeness (QED) is 0.464. The van der Waals surface area contributed by atoms with Gasteiger partial charge in [0.25, 0.3) is 0 Å². The minimum absolute atomic E-state index is 0.0257. The SMILES string of the molecule is O=C(Cc1ccccc1)OC1CC([N+](=O)[O-])CC([N+](=O)[O-])C1. The van der Waals surface area contributed by atoms with Crippen LogP contribution in [-0.2, 0) is 16.0 Å². The van der Waals surface area contributed by atoms with Crippen LogP contribution in [0.1, 0.15) is 24.8 Å². The average Bonchev–Trinajstić information content (AvgIpc) is 2.47. The molecule has 0 spiro atoms. The Bertz CT molecular complexity index is 540. The lowest BCUT2D eigenvalue weighted by Gasteiger charge is -2.26. The molecule has 1 aliphatic rings. The molecule has 0 amide bonds. The minimum Gasteiger partial charge on any atom is -0.462 e. The molecule has 1 aromatic rings. The number of esters is 1. The van der Waals surface area contributed by atoms with E-state index in [0.717, 1.165) is 5.56 Å². The molecule has 8 nitrogen and oxygen atoms in total. The highest BCUT2D eigenvalue weighted by Gasteiger charge is 2.42. The van der Waals surface area contributed by atoms with Crippen molar-refractivity contribution in [3.05, 3.63) is 56.1 Å². The lowest BCUT2D eigenvalue weighted by molar-refractivity contribution is -0.570. The second-order valence-electron chi connectivity index (χ2n) is 5.36. The van der Waals surface area contributed by atoms with E-state index < -0.39 is 34.0 Å². The van der Waals surface area contributed by atoms with Gasteiger partial charge in [-0.25, -0.2) is 0 Å². The third-order valence-electron chi connectivity index (χ3n) is 3.70. The van der Waals surface area contributed by atoms with Gasteiger partial charge in [0.05, 0.1) is 25.7 Å². The molecule has 1 saturated carbocycles. The van der Waals surface area contributed by atoms with Gasteiger partial charge in [0.2, 0.25) is 12.1 Å². The maximum absolute atomic E-state index is 11.9. The highest BCUT2D eigenvalue weighted by molar-refractivity contribution is 5.72. The number of carbonyl (C=O) groups excluding carboxylic acids is 1. The van der Waals surface area contributed by atoms with Crippen LogP contribution in [0.15, 0.2) is 30.3 Å². The van der Waals surface area contributed by atoms with Gasteiger partial charge >= 0.3 is 5.97 Å². The molecule has 0 aromatic heterocycles. The van der Waals surface area contributed by atoms with Gasteiger partial charge in [0, 0.05) is 9.85 Å². The summed E-state index contributed by atoms with van der Waals surface area (Å²) in [7, 11) is 0. The molecule has 0 N–H and O–H groups in total. The van der Waals surface area contributed by atoms with Crippen LogP contribution in [0.2, 0.25) is 0 Å². The fraction of sp³-hybridized carbons (Fsp3) is 0.500. The van der Waals surface area contributed by atoms with Crippen molar-refractivity contribution in [3.8, 4) is 0 Å². The molecule has 22 heavy (non-hydrogen) atoms. The van der Waals surface area contributed by atoms with Crippen LogP contribution in [0.4, 0.5) is 0 Å². The van der Waals surface area contributed by atoms with E-state index in [1.54, 1.807) is 24.3 Å². The summed E-state index contributed by atoms with van der Waals surface area (Å²) in [5.41, 5.74) is 0.764. The number of carbonyl (C=O) groups is 1. The molecular formula is C14H16N2O6. The summed E-state index contributed by atoms with van der Waals surface area (Å²) in [4.78, 5) is 32.6. The van der Waals surface area contributed by atoms with E-state index in [9.17, 15) is 25.0 Å². The van der Waals surface area contributed by atoms with Crippen molar-refractivity contribution >= 4 is 5.97 Å². The van der Waals surface area contributed by atoms with Gasteiger partial charge in [-0.3, -0.25) is 25.0 Å². The van der Waals surface area contributed by atoms with Gasteiger partial charge in [-0.1, -0.05) is 30.3 Å². The highest BCUT2D eigenvalue weighted by Crippen LogP contribution is 2.25. The molecule has 2 unspecified atom stereocenters. The number of ether oxygens (including phenoxy) is 1. The maximum atomic E-state index is 11.9. The Balaban J connectivity index is 1.96. The monoisotopic (exact) mass is 308 g/mol. The summed E-state index contributed by atoms with van der Waals surface area (Å²) >= 11 is 0. The summed E-state index contributed by atoms with van der Waals surface area (Å²) in [6.45, 7) is 0. The average molecular weight is 308 g/mol. The zero-order chi connectivity index (χ0) is 16.1. The van der Waals surface area contributed by atoms with Gasteiger partial charge in [0.1, 0.15) is 6.10 Å². The summed E-state index contributed by atoms with van der Waals surface area (Å²) < 4.78 is 5.21. The first-order chi connectivity index (χ1) is 10.5. The van der Waals surface area contributed by atoms with E-state index in [1.165, 1.54) is 0 Å². The second kappa shape index (κ2) is 6.97. The molecule has 118 valence electrons. The van der Waals surface area contributed by atoms with E-state index in [1.807, 2.05) is 6.07 Å². The Morgan fingerprint density at radius 1 is 1.05 bits per heavy atom. The number of nitro groups is 2. The molecule has 0 aliphatic heterocycles. The topological polar surface area (TPSA) is 113 Å². The van der Waals surface area contributed by atoms with Crippen molar-refractivity contribution in [1.82, 2.24) is 0 Å². The number of benzene rings is 1. The molecule has 0 bridgehead atoms. The minimum atomic E-state index is -1.04. The number of rotatable bonds is 5. The standard InChI is InChI=1S/C14H16N2O6/c17-14(6-10-4-2-1-3-5-10)22-13-8-11(15(18)19)7-12(9-13)16(20)21/h1-5,11-13H,6-9H2. The Morgan fingerprint density at radius 2 is 1.59 bits per heavy atom. The Morgan fingerprint density at radius 3 is 2.09 bits per heavy atom. The predicted octanol–water partition coefficient (Wildman–Crippen LogP) is 1.62. The zero-order valence-corrected chi connectivity index (χ0v) is 11.8. The van der Waals surface area contributed by atoms with Crippen molar-refractivity contribution in [1.29, 1.82) is 0 Å². The van der Waals surface area contributed by atoms with Crippen molar-refractivity contribution in [2.24, 2.45) is 0 Å². The third kappa shape index (κ3) is 4.24. The Hall–Kier alpha value is -2.51. The number of hydrogen-bond acceptors (Lipinski definition) is 6. The first-order valence-corrected chi connectivity index (χ1v) is 6.96. The molecule has 1 fully saturated rings. The molecule has 0 heterocycles. The van der Waals surface area contributed by atoms with E-state index in [0.29, 0.717) is 0 Å². The van der Waals surface area contributed by atoms with Crippen molar-refractivity contribution < 1.29 is 19.4 Å². The summed E-state index contributed by atoms with van der Waals surface area (Å²) in [5, 5.41) is 21.8. The first kappa shape index (κ1) is 15.9. The molecular weight excluding hydrogens is 292 g/mol. The highest BCUT2D eigenvalue weighted by atomic mass is 16.6. The molecule has 1 aromatic carbocycles. The van der Waals surface area contributed by atoms with Crippen molar-refractivity contribution in [2.45, 2.75) is 43.9 Å². The molecule has 2 rings (SSSR count). The van der Waals surface area contributed by atoms with Crippen LogP contribution in [0, 0.1) is 20.2 Å². The summed E-state index contributed by atoms with van der Waals surface area (Å²) in [6, 6.07) is 6.84. The summed E-state index contributed by atoms with van der Waals surface area (Å²) in [5.74, 6) is -0.526. The van der Waals surface area contributed by atoms with Gasteiger partial charge < -0.3 is 4.74 Å². The Kier molecular flexibility index (Phi) is 5.03. The molecule has 0 saturated heterocycles. The maximum Gasteiger partial charge on any atom is 0.310 e. The van der Waals surface area contributed by atoms with Gasteiger partial charge in [0.15, 0.2) is 0 Å². The van der Waals surface area contributed by atoms with E-state index in [2.05, 4.69) is 0 Å². The van der Waals surface area contributed by atoms with Crippen LogP contribution in [0.3, 0.4) is 0 Å². The fourth-order valence-electron chi connectivity index (χ4n) is 2.64. The van der Waals surface area contributed by atoms with Crippen molar-refractivity contribution in [3.63, 3.8) is 0 Å². The van der Waals surface area contributed by atoms with E-state index in [-0.39, 0.29) is 25.7 Å². The fourth-order valence-corrected chi connectivity index (χ4v) is 2.64. The smallest absolute Gasteiger partial charge is 0.310 e. The lowest BCUT2D eigenvalue weighted by Crippen LogP contribution is -2.42. The van der Waals surface area contributed by atoms with Crippen LogP contribution in [0.25, 0.3) is 0 Å². The molecule has 0 radical (unpaired) electrons. The van der Waals surface area contributed by atoms with Crippen molar-refractivity contribution in [2.75, 3.05) is 0 Å². The largest absolute Gasteiger partial charge is 0.462 e. The van der Waals surface area contributed by atoms with Gasteiger partial charge in [-0.15, -0.1) is 0 Å². The number of hydrogen-bond donors (Lipinski definition) is 0. The third-order valence-corrected chi connectivity index (χ3v) is 3.70. The zero-order valence-electron chi connectivity index (χ0n) is 11.8. The number of nitrogens with zero attached hydrogens (tertiary/aromatic N) is 2. The van der Waals surface area contributed by atoms with Gasteiger partial charge in [-0.2, -0.15) is 0 Å². The second-order valence-corrected chi connectivity index (χ2v) is 5.36. The normalized spacial score (nSPS) is 24.5. The van der Waals surface area contributed by atoms with Crippen LogP contribution < -0.4 is 0 Å². The molecule has 8 heteroatoms. The summed E-state index contributed by atoms with van der Waals surface area (Å²) in [6.07, 6.45) is -0.803. The van der Waals surface area contributed by atoms with Crippen LogP contribution in [0.5, 0.6) is 0 Å². The van der Waals surface area contributed by atoms with E-state index >= 15 is 0 Å². The Labute approximate surface area is 126 Å². The van der Waals surface area contributed by atoms with E-state index in [4.69, 9.17) is 4.74 Å². The van der Waals surface area contributed by atoms with Crippen LogP contribution in [-0.4, -0.2) is 34.0 Å². The molecule has 2 atom stereocenters. The lowest BCUT2D eigenvalue weighted by atomic mass is 9.89.